The van der Waals surface area contributed by atoms with Crippen molar-refractivity contribution in [3.05, 3.63) is 29.8 Å². The molecule has 0 spiro atoms. The van der Waals surface area contributed by atoms with Crippen LogP contribution in [0.1, 0.15) is 18.4 Å². The fourth-order valence-corrected chi connectivity index (χ4v) is 3.42. The zero-order chi connectivity index (χ0) is 13.2. The van der Waals surface area contributed by atoms with Gasteiger partial charge in [-0.25, -0.2) is 0 Å². The minimum Gasteiger partial charge on any atom is -0.383 e. The quantitative estimate of drug-likeness (QED) is 0.877. The number of nitrogens with zero attached hydrogens (tertiary/aromatic N) is 2. The Morgan fingerprint density at radius 2 is 2.11 bits per heavy atom. The van der Waals surface area contributed by atoms with Crippen molar-refractivity contribution in [3.63, 3.8) is 0 Å². The van der Waals surface area contributed by atoms with E-state index >= 15 is 0 Å². The highest BCUT2D eigenvalue weighted by atomic mass is 15.2. The first-order valence-corrected chi connectivity index (χ1v) is 7.46. The van der Waals surface area contributed by atoms with Gasteiger partial charge < -0.3 is 10.2 Å². The molecule has 0 aromatic heterocycles. The first-order chi connectivity index (χ1) is 9.24. The lowest BCUT2D eigenvalue weighted by atomic mass is 9.95. The van der Waals surface area contributed by atoms with Gasteiger partial charge in [-0.1, -0.05) is 18.2 Å². The highest BCUT2D eigenvalue weighted by Gasteiger charge is 2.29. The predicted molar refractivity (Wildman–Crippen MR) is 80.7 cm³/mol. The molecule has 1 aromatic rings. The van der Waals surface area contributed by atoms with Gasteiger partial charge in [0.2, 0.25) is 0 Å². The van der Waals surface area contributed by atoms with E-state index in [4.69, 9.17) is 0 Å². The van der Waals surface area contributed by atoms with Crippen LogP contribution in [-0.4, -0.2) is 55.6 Å². The van der Waals surface area contributed by atoms with Crippen LogP contribution >= 0.6 is 0 Å². The fourth-order valence-electron chi connectivity index (χ4n) is 3.42. The number of rotatable bonds is 2. The molecule has 2 unspecified atom stereocenters. The van der Waals surface area contributed by atoms with E-state index in [-0.39, 0.29) is 0 Å². The summed E-state index contributed by atoms with van der Waals surface area (Å²) in [4.78, 5) is 5.08. The molecule has 0 bridgehead atoms. The third kappa shape index (κ3) is 2.77. The average Bonchev–Trinajstić information content (AvgIpc) is 2.47. The molecule has 19 heavy (non-hydrogen) atoms. The Labute approximate surface area is 116 Å². The first-order valence-electron chi connectivity index (χ1n) is 7.46. The molecule has 3 rings (SSSR count). The Hall–Kier alpha value is -1.06. The second-order valence-corrected chi connectivity index (χ2v) is 6.15. The molecular formula is C16H25N3. The van der Waals surface area contributed by atoms with Gasteiger partial charge in [0.1, 0.15) is 0 Å². The minimum atomic E-state index is 0.664. The van der Waals surface area contributed by atoms with Crippen LogP contribution < -0.4 is 5.32 Å². The number of nitrogens with one attached hydrogen (secondary N) is 1. The second kappa shape index (κ2) is 5.51. The molecule has 1 N–H and O–H groups in total. The van der Waals surface area contributed by atoms with E-state index in [1.807, 2.05) is 0 Å². The molecule has 1 aromatic carbocycles. The van der Waals surface area contributed by atoms with Gasteiger partial charge in [0.15, 0.2) is 0 Å². The number of hydrogen-bond acceptors (Lipinski definition) is 3. The molecule has 2 aliphatic heterocycles. The molecule has 3 heteroatoms. The van der Waals surface area contributed by atoms with E-state index in [1.165, 1.54) is 43.6 Å². The summed E-state index contributed by atoms with van der Waals surface area (Å²) in [5, 5.41) is 3.60. The number of likely N-dealkylation sites (tertiary alicyclic amines) is 1. The molecule has 104 valence electrons. The highest BCUT2D eigenvalue weighted by Crippen LogP contribution is 2.25. The van der Waals surface area contributed by atoms with Crippen molar-refractivity contribution in [1.82, 2.24) is 9.80 Å². The van der Waals surface area contributed by atoms with E-state index in [9.17, 15) is 0 Å². The molecule has 1 fully saturated rings. The van der Waals surface area contributed by atoms with Gasteiger partial charge in [-0.2, -0.15) is 0 Å². The summed E-state index contributed by atoms with van der Waals surface area (Å²) < 4.78 is 0. The van der Waals surface area contributed by atoms with Crippen LogP contribution in [0.5, 0.6) is 0 Å². The Kier molecular flexibility index (Phi) is 3.76. The van der Waals surface area contributed by atoms with Crippen LogP contribution in [0, 0.1) is 0 Å². The van der Waals surface area contributed by atoms with E-state index in [0.717, 1.165) is 12.6 Å². The number of hydrogen-bond donors (Lipinski definition) is 1. The van der Waals surface area contributed by atoms with Gasteiger partial charge >= 0.3 is 0 Å². The largest absolute Gasteiger partial charge is 0.383 e. The smallest absolute Gasteiger partial charge is 0.0373 e. The van der Waals surface area contributed by atoms with Crippen molar-refractivity contribution in [2.45, 2.75) is 31.3 Å². The fraction of sp³-hybridized carbons (Fsp3) is 0.625. The number of piperidine rings is 1. The number of likely N-dealkylation sites (N-methyl/N-ethyl adjacent to an activating group) is 1. The summed E-state index contributed by atoms with van der Waals surface area (Å²) in [7, 11) is 4.42. The van der Waals surface area contributed by atoms with Crippen LogP contribution in [-0.2, 0) is 6.42 Å². The van der Waals surface area contributed by atoms with Crippen LogP contribution in [0.2, 0.25) is 0 Å². The van der Waals surface area contributed by atoms with Crippen molar-refractivity contribution in [2.24, 2.45) is 0 Å². The molecule has 2 aliphatic rings. The molecular weight excluding hydrogens is 234 g/mol. The third-order valence-corrected chi connectivity index (χ3v) is 4.68. The van der Waals surface area contributed by atoms with E-state index < -0.39 is 0 Å². The molecule has 2 heterocycles. The van der Waals surface area contributed by atoms with Gasteiger partial charge in [0.05, 0.1) is 0 Å². The Bertz CT molecular complexity index is 430. The van der Waals surface area contributed by atoms with Gasteiger partial charge in [-0.15, -0.1) is 0 Å². The lowest BCUT2D eigenvalue weighted by Crippen LogP contribution is -2.52. The number of benzene rings is 1. The number of anilines is 1. The average molecular weight is 259 g/mol. The zero-order valence-electron chi connectivity index (χ0n) is 12.1. The summed E-state index contributed by atoms with van der Waals surface area (Å²) in [5.74, 6) is 0. The lowest BCUT2D eigenvalue weighted by Gasteiger charge is -2.42. The Morgan fingerprint density at radius 1 is 1.26 bits per heavy atom. The molecule has 3 nitrogen and oxygen atoms in total. The summed E-state index contributed by atoms with van der Waals surface area (Å²) in [5.41, 5.74) is 2.81. The summed E-state index contributed by atoms with van der Waals surface area (Å²) in [6.07, 6.45) is 3.88. The van der Waals surface area contributed by atoms with Crippen molar-refractivity contribution in [2.75, 3.05) is 39.0 Å². The molecule has 0 saturated carbocycles. The molecule has 1 saturated heterocycles. The van der Waals surface area contributed by atoms with Crippen LogP contribution in [0.3, 0.4) is 0 Å². The van der Waals surface area contributed by atoms with E-state index in [1.54, 1.807) is 0 Å². The van der Waals surface area contributed by atoms with Crippen LogP contribution in [0.25, 0.3) is 0 Å². The lowest BCUT2D eigenvalue weighted by molar-refractivity contribution is 0.0988. The molecule has 2 atom stereocenters. The SMILES string of the molecule is CN(C)C1CCCN(C2CNc3ccccc3C2)C1. The van der Waals surface area contributed by atoms with Crippen molar-refractivity contribution in [1.29, 1.82) is 0 Å². The van der Waals surface area contributed by atoms with Crippen LogP contribution in [0.4, 0.5) is 5.69 Å². The number of fused-ring (bicyclic) bond motifs is 1. The minimum absolute atomic E-state index is 0.664. The molecule has 0 aliphatic carbocycles. The van der Waals surface area contributed by atoms with Gasteiger partial charge in [-0.3, -0.25) is 4.90 Å². The van der Waals surface area contributed by atoms with Crippen molar-refractivity contribution in [3.8, 4) is 0 Å². The van der Waals surface area contributed by atoms with Crippen LogP contribution in [0.15, 0.2) is 24.3 Å². The highest BCUT2D eigenvalue weighted by molar-refractivity contribution is 5.53. The zero-order valence-corrected chi connectivity index (χ0v) is 12.1. The van der Waals surface area contributed by atoms with E-state index in [2.05, 4.69) is 53.5 Å². The van der Waals surface area contributed by atoms with Crippen molar-refractivity contribution < 1.29 is 0 Å². The van der Waals surface area contributed by atoms with Gasteiger partial charge in [-0.05, 0) is 51.5 Å². The maximum atomic E-state index is 3.60. The Morgan fingerprint density at radius 3 is 2.95 bits per heavy atom. The number of para-hydroxylation sites is 1. The first kappa shape index (κ1) is 12.9. The topological polar surface area (TPSA) is 18.5 Å². The van der Waals surface area contributed by atoms with Crippen molar-refractivity contribution >= 4 is 5.69 Å². The Balaban J connectivity index is 1.67. The van der Waals surface area contributed by atoms with Gasteiger partial charge in [0.25, 0.3) is 0 Å². The molecule has 0 radical (unpaired) electrons. The summed E-state index contributed by atoms with van der Waals surface area (Å²) in [6, 6.07) is 10.1. The second-order valence-electron chi connectivity index (χ2n) is 6.15. The molecule has 0 amide bonds. The van der Waals surface area contributed by atoms with Gasteiger partial charge in [0, 0.05) is 30.9 Å². The maximum absolute atomic E-state index is 3.60. The predicted octanol–water partition coefficient (Wildman–Crippen LogP) is 2.05. The van der Waals surface area contributed by atoms with E-state index in [0.29, 0.717) is 6.04 Å². The third-order valence-electron chi connectivity index (χ3n) is 4.68. The summed E-state index contributed by atoms with van der Waals surface area (Å²) in [6.45, 7) is 3.58. The maximum Gasteiger partial charge on any atom is 0.0373 e. The monoisotopic (exact) mass is 259 g/mol. The normalized spacial score (nSPS) is 27.9. The standard InChI is InChI=1S/C16H25N3/c1-18(2)14-7-5-9-19(12-14)15-10-13-6-3-4-8-16(13)17-11-15/h3-4,6,8,14-15,17H,5,7,9-12H2,1-2H3. The summed E-state index contributed by atoms with van der Waals surface area (Å²) >= 11 is 0.